The number of carbonyl (C=O) groups excluding carboxylic acids is 1. The van der Waals surface area contributed by atoms with Crippen molar-refractivity contribution in [2.75, 3.05) is 18.9 Å². The molecule has 0 aliphatic carbocycles. The fourth-order valence-electron chi connectivity index (χ4n) is 2.38. The third kappa shape index (κ3) is 4.15. The molecule has 2 amide bonds. The second kappa shape index (κ2) is 7.36. The Morgan fingerprint density at radius 2 is 1.85 bits per heavy atom. The van der Waals surface area contributed by atoms with Crippen molar-refractivity contribution in [3.8, 4) is 6.07 Å². The summed E-state index contributed by atoms with van der Waals surface area (Å²) in [6.07, 6.45) is -4.57. The van der Waals surface area contributed by atoms with Crippen LogP contribution in [0, 0.1) is 11.3 Å². The second-order valence-electron chi connectivity index (χ2n) is 5.82. The highest BCUT2D eigenvalue weighted by Crippen LogP contribution is 2.33. The molecular weight excluding hydrogens is 367 g/mol. The third-order valence-electron chi connectivity index (χ3n) is 4.12. The fraction of sp³-hybridized carbons (Fsp3) is 0.222. The molecule has 8 heteroatoms. The molecule has 0 aliphatic heterocycles. The van der Waals surface area contributed by atoms with E-state index in [1.54, 1.807) is 38.2 Å². The molecular formula is C18H16ClF3N3O+. The highest BCUT2D eigenvalue weighted by molar-refractivity contribution is 6.31. The summed E-state index contributed by atoms with van der Waals surface area (Å²) in [6, 6.07) is 10.8. The van der Waals surface area contributed by atoms with Gasteiger partial charge in [-0.1, -0.05) is 11.6 Å². The van der Waals surface area contributed by atoms with Crippen molar-refractivity contribution >= 4 is 29.0 Å². The fourth-order valence-corrected chi connectivity index (χ4v) is 2.62. The van der Waals surface area contributed by atoms with Gasteiger partial charge in [0.15, 0.2) is 0 Å². The van der Waals surface area contributed by atoms with Gasteiger partial charge in [0.1, 0.15) is 5.69 Å². The highest BCUT2D eigenvalue weighted by Gasteiger charge is 2.35. The normalized spacial score (nSPS) is 13.6. The zero-order valence-electron chi connectivity index (χ0n) is 14.1. The van der Waals surface area contributed by atoms with Crippen LogP contribution in [0.15, 0.2) is 42.5 Å². The summed E-state index contributed by atoms with van der Waals surface area (Å²) in [5.74, 6) is 0. The molecule has 2 aromatic carbocycles. The molecule has 0 bridgehead atoms. The van der Waals surface area contributed by atoms with Crippen LogP contribution in [0.2, 0.25) is 5.02 Å². The zero-order chi connectivity index (χ0) is 19.5. The number of benzene rings is 2. The van der Waals surface area contributed by atoms with E-state index in [1.165, 1.54) is 6.07 Å². The van der Waals surface area contributed by atoms with Crippen molar-refractivity contribution in [1.82, 2.24) is 4.48 Å². The SMILES string of the molecule is CC[N+](C)(C(=O)Nc1cc(Cl)cc(C(F)(F)F)c1)c1ccc(C#N)cc1. The molecule has 0 spiro atoms. The average molecular weight is 383 g/mol. The van der Waals surface area contributed by atoms with Gasteiger partial charge < -0.3 is 0 Å². The van der Waals surface area contributed by atoms with E-state index in [0.717, 1.165) is 12.1 Å². The van der Waals surface area contributed by atoms with E-state index >= 15 is 0 Å². The van der Waals surface area contributed by atoms with Gasteiger partial charge in [-0.2, -0.15) is 18.4 Å². The van der Waals surface area contributed by atoms with E-state index in [4.69, 9.17) is 16.9 Å². The molecule has 26 heavy (non-hydrogen) atoms. The smallest absolute Gasteiger partial charge is 0.275 e. The number of hydrogen-bond donors (Lipinski definition) is 1. The average Bonchev–Trinajstić information content (AvgIpc) is 2.59. The van der Waals surface area contributed by atoms with E-state index in [-0.39, 0.29) is 15.2 Å². The molecule has 2 rings (SSSR count). The van der Waals surface area contributed by atoms with Gasteiger partial charge in [-0.15, -0.1) is 0 Å². The van der Waals surface area contributed by atoms with Crippen LogP contribution in [0.25, 0.3) is 0 Å². The number of anilines is 1. The lowest BCUT2D eigenvalue weighted by molar-refractivity contribution is -0.137. The lowest BCUT2D eigenvalue weighted by Crippen LogP contribution is -2.52. The summed E-state index contributed by atoms with van der Waals surface area (Å²) in [4.78, 5) is 12.8. The minimum absolute atomic E-state index is 0.0405. The Balaban J connectivity index is 2.34. The Morgan fingerprint density at radius 1 is 1.23 bits per heavy atom. The van der Waals surface area contributed by atoms with Crippen LogP contribution >= 0.6 is 11.6 Å². The highest BCUT2D eigenvalue weighted by atomic mass is 35.5. The van der Waals surface area contributed by atoms with Crippen molar-refractivity contribution in [2.45, 2.75) is 13.1 Å². The Kier molecular flexibility index (Phi) is 5.59. The first-order chi connectivity index (χ1) is 12.1. The van der Waals surface area contributed by atoms with Crippen LogP contribution in [0.1, 0.15) is 18.1 Å². The summed E-state index contributed by atoms with van der Waals surface area (Å²) in [6.45, 7) is 2.13. The molecule has 0 aliphatic rings. The predicted molar refractivity (Wildman–Crippen MR) is 94.9 cm³/mol. The number of urea groups is 1. The van der Waals surface area contributed by atoms with Crippen molar-refractivity contribution in [3.05, 3.63) is 58.6 Å². The minimum atomic E-state index is -4.57. The Bertz CT molecular complexity index is 859. The quantitative estimate of drug-likeness (QED) is 0.720. The summed E-state index contributed by atoms with van der Waals surface area (Å²) in [5, 5.41) is 11.2. The molecule has 2 aromatic rings. The topological polar surface area (TPSA) is 52.9 Å². The van der Waals surface area contributed by atoms with Gasteiger partial charge in [0.2, 0.25) is 0 Å². The Labute approximate surface area is 154 Å². The molecule has 4 nitrogen and oxygen atoms in total. The van der Waals surface area contributed by atoms with Gasteiger partial charge in [0.25, 0.3) is 0 Å². The van der Waals surface area contributed by atoms with E-state index in [9.17, 15) is 18.0 Å². The van der Waals surface area contributed by atoms with Crippen LogP contribution < -0.4 is 9.80 Å². The molecule has 1 N–H and O–H groups in total. The summed E-state index contributed by atoms with van der Waals surface area (Å²) in [5.41, 5.74) is 0.0641. The van der Waals surface area contributed by atoms with E-state index in [2.05, 4.69) is 5.32 Å². The van der Waals surface area contributed by atoms with E-state index in [1.807, 2.05) is 6.07 Å². The second-order valence-corrected chi connectivity index (χ2v) is 6.26. The third-order valence-corrected chi connectivity index (χ3v) is 4.34. The maximum atomic E-state index is 12.9. The molecule has 0 fully saturated rings. The number of quaternary nitrogens is 1. The maximum Gasteiger partial charge on any atom is 0.425 e. The van der Waals surface area contributed by atoms with Gasteiger partial charge in [0.05, 0.1) is 30.8 Å². The number of nitriles is 1. The van der Waals surface area contributed by atoms with Gasteiger partial charge in [0, 0.05) is 22.8 Å². The standard InChI is InChI=1S/C18H15ClF3N3O/c1-3-25(2,16-6-4-12(11-23)5-7-16)17(26)24-15-9-13(18(20,21)22)8-14(19)10-15/h4-10H,3H2,1-2H3/p+1. The van der Waals surface area contributed by atoms with Crippen LogP contribution in [0.3, 0.4) is 0 Å². The molecule has 0 aromatic heterocycles. The predicted octanol–water partition coefficient (Wildman–Crippen LogP) is 5.42. The lowest BCUT2D eigenvalue weighted by atomic mass is 10.2. The summed E-state index contributed by atoms with van der Waals surface area (Å²) < 4.78 is 38.6. The van der Waals surface area contributed by atoms with Gasteiger partial charge in [-0.25, -0.2) is 9.28 Å². The molecule has 0 radical (unpaired) electrons. The largest absolute Gasteiger partial charge is 0.425 e. The molecule has 1 unspecified atom stereocenters. The van der Waals surface area contributed by atoms with Crippen LogP contribution in [0.5, 0.6) is 0 Å². The number of rotatable bonds is 3. The van der Waals surface area contributed by atoms with E-state index < -0.39 is 17.8 Å². The van der Waals surface area contributed by atoms with E-state index in [0.29, 0.717) is 17.8 Å². The number of hydrogen-bond acceptors (Lipinski definition) is 2. The van der Waals surface area contributed by atoms with Crippen molar-refractivity contribution in [3.63, 3.8) is 0 Å². The minimum Gasteiger partial charge on any atom is -0.275 e. The van der Waals surface area contributed by atoms with Gasteiger partial charge in [-0.3, -0.25) is 5.32 Å². The van der Waals surface area contributed by atoms with Gasteiger partial charge >= 0.3 is 12.2 Å². The molecule has 136 valence electrons. The Morgan fingerprint density at radius 3 is 2.35 bits per heavy atom. The molecule has 0 saturated carbocycles. The van der Waals surface area contributed by atoms with Gasteiger partial charge in [-0.05, 0) is 37.3 Å². The summed E-state index contributed by atoms with van der Waals surface area (Å²) in [7, 11) is 1.63. The Hall–Kier alpha value is -2.56. The van der Waals surface area contributed by atoms with Crippen LogP contribution in [-0.4, -0.2) is 19.6 Å². The number of amides is 2. The molecule has 0 heterocycles. The first kappa shape index (κ1) is 19.8. The van der Waals surface area contributed by atoms with Crippen LogP contribution in [0.4, 0.5) is 29.3 Å². The monoisotopic (exact) mass is 382 g/mol. The first-order valence-corrected chi connectivity index (χ1v) is 8.03. The maximum absolute atomic E-state index is 12.9. The summed E-state index contributed by atoms with van der Waals surface area (Å²) >= 11 is 5.75. The van der Waals surface area contributed by atoms with Crippen molar-refractivity contribution in [1.29, 1.82) is 5.26 Å². The van der Waals surface area contributed by atoms with Crippen molar-refractivity contribution in [2.24, 2.45) is 0 Å². The van der Waals surface area contributed by atoms with Crippen LogP contribution in [-0.2, 0) is 6.18 Å². The number of nitrogens with zero attached hydrogens (tertiary/aromatic N) is 2. The lowest BCUT2D eigenvalue weighted by Gasteiger charge is -2.29. The first-order valence-electron chi connectivity index (χ1n) is 7.65. The molecule has 1 atom stereocenters. The number of alkyl halides is 3. The van der Waals surface area contributed by atoms with Crippen molar-refractivity contribution < 1.29 is 18.0 Å². The number of halogens is 4. The number of carbonyl (C=O) groups is 1. The zero-order valence-corrected chi connectivity index (χ0v) is 14.8. The molecule has 0 saturated heterocycles. The number of nitrogens with one attached hydrogen (secondary N) is 1.